The normalized spacial score (nSPS) is 14.9. The average Bonchev–Trinajstić information content (AvgIpc) is 2.52. The predicted molar refractivity (Wildman–Crippen MR) is 65.9 cm³/mol. The molecule has 0 unspecified atom stereocenters. The minimum Gasteiger partial charge on any atom is -0.461 e. The van der Waals surface area contributed by atoms with Crippen LogP contribution in [-0.2, 0) is 9.53 Å². The van der Waals surface area contributed by atoms with Gasteiger partial charge in [0.2, 0.25) is 0 Å². The Balaban J connectivity index is 5.76. The molecule has 0 spiro atoms. The van der Waals surface area contributed by atoms with Gasteiger partial charge in [0.1, 0.15) is 0 Å². The molecule has 0 saturated carbocycles. The van der Waals surface area contributed by atoms with Crippen LogP contribution in [0.3, 0.4) is 0 Å². The SMILES string of the molecule is CCCCCCOC(=O)C(F)(F)C(F)(F)C(F)(F)C(F)(F)C(F)(F)C(F)(F)F. The fourth-order valence-corrected chi connectivity index (χ4v) is 1.68. The number of ether oxygens (including phenoxy) is 1. The smallest absolute Gasteiger partial charge is 0.460 e. The van der Waals surface area contributed by atoms with Gasteiger partial charge in [0, 0.05) is 0 Å². The lowest BCUT2D eigenvalue weighted by atomic mass is 9.94. The van der Waals surface area contributed by atoms with Crippen LogP contribution in [0.25, 0.3) is 0 Å². The van der Waals surface area contributed by atoms with Crippen molar-refractivity contribution in [1.29, 1.82) is 0 Å². The van der Waals surface area contributed by atoms with Crippen molar-refractivity contribution in [2.45, 2.75) is 68.4 Å². The zero-order chi connectivity index (χ0) is 22.8. The van der Waals surface area contributed by atoms with Crippen molar-refractivity contribution < 1.29 is 66.6 Å². The monoisotopic (exact) mass is 448 g/mol. The van der Waals surface area contributed by atoms with Crippen molar-refractivity contribution in [2.75, 3.05) is 6.61 Å². The second-order valence-corrected chi connectivity index (χ2v) is 5.57. The van der Waals surface area contributed by atoms with E-state index in [2.05, 4.69) is 4.74 Å². The second-order valence-electron chi connectivity index (χ2n) is 5.57. The molecule has 0 fully saturated rings. The number of carbonyl (C=O) groups is 1. The summed E-state index contributed by atoms with van der Waals surface area (Å²) in [6.07, 6.45) is -6.47. The minimum absolute atomic E-state index is 0.206. The first-order chi connectivity index (χ1) is 12.2. The number of unbranched alkanes of at least 4 members (excludes halogenated alkanes) is 3. The quantitative estimate of drug-likeness (QED) is 0.238. The Morgan fingerprint density at radius 3 is 1.46 bits per heavy atom. The highest BCUT2D eigenvalue weighted by atomic mass is 19.4. The molecule has 0 radical (unpaired) electrons. The average molecular weight is 448 g/mol. The molecule has 0 saturated heterocycles. The van der Waals surface area contributed by atoms with Crippen LogP contribution in [0.5, 0.6) is 0 Å². The summed E-state index contributed by atoms with van der Waals surface area (Å²) < 4.78 is 170. The van der Waals surface area contributed by atoms with Crippen molar-refractivity contribution in [3.8, 4) is 0 Å². The summed E-state index contributed by atoms with van der Waals surface area (Å²) >= 11 is 0. The van der Waals surface area contributed by atoms with Crippen molar-refractivity contribution in [1.82, 2.24) is 0 Å². The van der Waals surface area contributed by atoms with Crippen molar-refractivity contribution >= 4 is 5.97 Å². The summed E-state index contributed by atoms with van der Waals surface area (Å²) in [5.74, 6) is -41.8. The first-order valence-corrected chi connectivity index (χ1v) is 7.36. The Kier molecular flexibility index (Phi) is 7.71. The van der Waals surface area contributed by atoms with Gasteiger partial charge in [-0.1, -0.05) is 26.2 Å². The van der Waals surface area contributed by atoms with Crippen LogP contribution in [0.4, 0.5) is 57.1 Å². The standard InChI is InChI=1S/C13H13F13O2/c1-2-3-4-5-6-28-7(27)8(14,15)9(16,17)10(18,19)11(20,21)12(22,23)13(24,25)26/h2-6H2,1H3. The maximum Gasteiger partial charge on any atom is 0.460 e. The third-order valence-electron chi connectivity index (χ3n) is 3.42. The van der Waals surface area contributed by atoms with Crippen LogP contribution in [0.1, 0.15) is 32.6 Å². The molecular formula is C13H13F13O2. The van der Waals surface area contributed by atoms with Crippen LogP contribution in [0, 0.1) is 0 Å². The van der Waals surface area contributed by atoms with Crippen LogP contribution in [-0.4, -0.2) is 48.4 Å². The minimum atomic E-state index is -8.04. The summed E-state index contributed by atoms with van der Waals surface area (Å²) in [4.78, 5) is 10.9. The molecule has 0 aromatic carbocycles. The molecular weight excluding hydrogens is 435 g/mol. The van der Waals surface area contributed by atoms with Gasteiger partial charge in [-0.05, 0) is 6.42 Å². The third-order valence-corrected chi connectivity index (χ3v) is 3.42. The summed E-state index contributed by atoms with van der Waals surface area (Å²) in [7, 11) is 0. The molecule has 28 heavy (non-hydrogen) atoms. The number of halogens is 13. The lowest BCUT2D eigenvalue weighted by Crippen LogP contribution is -2.71. The van der Waals surface area contributed by atoms with Gasteiger partial charge in [-0.2, -0.15) is 57.1 Å². The fourth-order valence-electron chi connectivity index (χ4n) is 1.68. The number of hydrogen-bond donors (Lipinski definition) is 0. The highest BCUT2D eigenvalue weighted by molar-refractivity contribution is 5.79. The third kappa shape index (κ3) is 4.26. The van der Waals surface area contributed by atoms with Gasteiger partial charge < -0.3 is 4.74 Å². The molecule has 0 rings (SSSR count). The fraction of sp³-hybridized carbons (Fsp3) is 0.923. The topological polar surface area (TPSA) is 26.3 Å². The van der Waals surface area contributed by atoms with E-state index >= 15 is 0 Å². The van der Waals surface area contributed by atoms with E-state index in [1.807, 2.05) is 0 Å². The van der Waals surface area contributed by atoms with Gasteiger partial charge in [-0.15, -0.1) is 0 Å². The Morgan fingerprint density at radius 1 is 0.643 bits per heavy atom. The number of carbonyl (C=O) groups excluding carboxylic acids is 1. The van der Waals surface area contributed by atoms with E-state index in [4.69, 9.17) is 0 Å². The Labute approximate surface area is 149 Å². The van der Waals surface area contributed by atoms with Gasteiger partial charge >= 0.3 is 41.8 Å². The van der Waals surface area contributed by atoms with Crippen molar-refractivity contribution in [2.24, 2.45) is 0 Å². The molecule has 0 aliphatic heterocycles. The lowest BCUT2D eigenvalue weighted by molar-refractivity contribution is -0.437. The van der Waals surface area contributed by atoms with Crippen LogP contribution >= 0.6 is 0 Å². The number of rotatable bonds is 10. The summed E-state index contributed by atoms with van der Waals surface area (Å²) in [6, 6.07) is 0. The molecule has 0 atom stereocenters. The van der Waals surface area contributed by atoms with E-state index in [0.29, 0.717) is 12.8 Å². The maximum atomic E-state index is 13.3. The molecule has 168 valence electrons. The van der Waals surface area contributed by atoms with E-state index in [9.17, 15) is 61.9 Å². The van der Waals surface area contributed by atoms with Gasteiger partial charge in [-0.3, -0.25) is 0 Å². The first-order valence-electron chi connectivity index (χ1n) is 7.36. The van der Waals surface area contributed by atoms with E-state index in [1.165, 1.54) is 0 Å². The molecule has 0 aliphatic rings. The van der Waals surface area contributed by atoms with Crippen molar-refractivity contribution in [3.63, 3.8) is 0 Å². The molecule has 0 aromatic rings. The number of hydrogen-bond acceptors (Lipinski definition) is 2. The first kappa shape index (κ1) is 26.6. The molecule has 0 heterocycles. The van der Waals surface area contributed by atoms with Crippen LogP contribution < -0.4 is 0 Å². The molecule has 0 bridgehead atoms. The van der Waals surface area contributed by atoms with Gasteiger partial charge in [-0.25, -0.2) is 4.79 Å². The summed E-state index contributed by atoms with van der Waals surface area (Å²) in [5.41, 5.74) is 0. The van der Waals surface area contributed by atoms with Crippen LogP contribution in [0.2, 0.25) is 0 Å². The predicted octanol–water partition coefficient (Wildman–Crippen LogP) is 5.85. The summed E-state index contributed by atoms with van der Waals surface area (Å²) in [6.45, 7) is 0.644. The second kappa shape index (κ2) is 8.13. The summed E-state index contributed by atoms with van der Waals surface area (Å²) in [5, 5.41) is 0. The van der Waals surface area contributed by atoms with Crippen LogP contribution in [0.15, 0.2) is 0 Å². The van der Waals surface area contributed by atoms with Gasteiger partial charge in [0.15, 0.2) is 0 Å². The molecule has 0 aliphatic carbocycles. The van der Waals surface area contributed by atoms with Gasteiger partial charge in [0.25, 0.3) is 0 Å². The van der Waals surface area contributed by atoms with E-state index in [-0.39, 0.29) is 12.8 Å². The van der Waals surface area contributed by atoms with E-state index < -0.39 is 48.4 Å². The Morgan fingerprint density at radius 2 is 1.07 bits per heavy atom. The highest BCUT2D eigenvalue weighted by Crippen LogP contribution is 2.60. The molecule has 2 nitrogen and oxygen atoms in total. The molecule has 15 heteroatoms. The molecule has 0 amide bonds. The number of alkyl halides is 13. The Hall–Kier alpha value is -1.44. The zero-order valence-corrected chi connectivity index (χ0v) is 13.8. The largest absolute Gasteiger partial charge is 0.461 e. The lowest BCUT2D eigenvalue weighted by Gasteiger charge is -2.38. The highest BCUT2D eigenvalue weighted by Gasteiger charge is 2.92. The zero-order valence-electron chi connectivity index (χ0n) is 13.8. The van der Waals surface area contributed by atoms with E-state index in [0.717, 1.165) is 0 Å². The number of esters is 1. The molecule has 0 N–H and O–H groups in total. The maximum absolute atomic E-state index is 13.3. The van der Waals surface area contributed by atoms with Crippen molar-refractivity contribution in [3.05, 3.63) is 0 Å². The molecule has 0 aromatic heterocycles. The van der Waals surface area contributed by atoms with E-state index in [1.54, 1.807) is 6.92 Å². The Bertz CT molecular complexity index is 539. The van der Waals surface area contributed by atoms with Gasteiger partial charge in [0.05, 0.1) is 6.61 Å².